The van der Waals surface area contributed by atoms with E-state index in [1.54, 1.807) is 12.1 Å². The normalized spacial score (nSPS) is 11.5. The Morgan fingerprint density at radius 3 is 2.38 bits per heavy atom. The van der Waals surface area contributed by atoms with Crippen molar-refractivity contribution in [1.82, 2.24) is 5.32 Å². The summed E-state index contributed by atoms with van der Waals surface area (Å²) in [5.41, 5.74) is 1.72. The number of carbonyl (C=O) groups is 2. The van der Waals surface area contributed by atoms with Gasteiger partial charge in [-0.2, -0.15) is 0 Å². The van der Waals surface area contributed by atoms with E-state index in [0.717, 1.165) is 11.6 Å². The zero-order valence-corrected chi connectivity index (χ0v) is 14.7. The van der Waals surface area contributed by atoms with Crippen molar-refractivity contribution in [2.24, 2.45) is 0 Å². The number of ether oxygens (including phenoxy) is 2. The number of carboxylic acids is 1. The average Bonchev–Trinajstić information content (AvgIpc) is 2.61. The van der Waals surface area contributed by atoms with E-state index >= 15 is 0 Å². The van der Waals surface area contributed by atoms with Gasteiger partial charge in [-0.3, -0.25) is 4.79 Å². The molecule has 0 saturated heterocycles. The van der Waals surface area contributed by atoms with Gasteiger partial charge in [0, 0.05) is 0 Å². The van der Waals surface area contributed by atoms with E-state index in [-0.39, 0.29) is 17.7 Å². The largest absolute Gasteiger partial charge is 0.496 e. The lowest BCUT2D eigenvalue weighted by Gasteiger charge is -2.16. The minimum Gasteiger partial charge on any atom is -0.496 e. The Labute approximate surface area is 150 Å². The lowest BCUT2D eigenvalue weighted by atomic mass is 10.0. The number of nitrogens with one attached hydrogen (secondary N) is 1. The zero-order chi connectivity index (χ0) is 19.3. The highest BCUT2D eigenvalue weighted by Gasteiger charge is 2.23. The van der Waals surface area contributed by atoms with E-state index in [2.05, 4.69) is 5.32 Å². The SMILES string of the molecule is COc1cc(CC(=O)NC(C(=O)O)c2ccc(OC)c(F)c2)ccc1C. The maximum Gasteiger partial charge on any atom is 0.330 e. The van der Waals surface area contributed by atoms with Crippen molar-refractivity contribution in [2.45, 2.75) is 19.4 Å². The number of aryl methyl sites for hydroxylation is 1. The Balaban J connectivity index is 2.16. The van der Waals surface area contributed by atoms with Crippen LogP contribution in [-0.2, 0) is 16.0 Å². The number of methoxy groups -OCH3 is 2. The van der Waals surface area contributed by atoms with E-state index in [1.807, 2.05) is 13.0 Å². The molecule has 0 heterocycles. The van der Waals surface area contributed by atoms with Crippen molar-refractivity contribution < 1.29 is 28.6 Å². The van der Waals surface area contributed by atoms with Gasteiger partial charge in [-0.15, -0.1) is 0 Å². The first kappa shape index (κ1) is 19.2. The fourth-order valence-corrected chi connectivity index (χ4v) is 2.52. The fraction of sp³-hybridized carbons (Fsp3) is 0.263. The molecule has 0 bridgehead atoms. The minimum absolute atomic E-state index is 0.00374. The summed E-state index contributed by atoms with van der Waals surface area (Å²) < 4.78 is 23.9. The summed E-state index contributed by atoms with van der Waals surface area (Å²) in [6, 6.07) is 7.68. The first-order valence-electron chi connectivity index (χ1n) is 7.84. The Bertz CT molecular complexity index is 822. The Kier molecular flexibility index (Phi) is 6.16. The highest BCUT2D eigenvalue weighted by atomic mass is 19.1. The van der Waals surface area contributed by atoms with Crippen LogP contribution in [0.1, 0.15) is 22.7 Å². The Morgan fingerprint density at radius 1 is 1.12 bits per heavy atom. The first-order valence-corrected chi connectivity index (χ1v) is 7.84. The Morgan fingerprint density at radius 2 is 1.81 bits per heavy atom. The van der Waals surface area contributed by atoms with Gasteiger partial charge >= 0.3 is 5.97 Å². The summed E-state index contributed by atoms with van der Waals surface area (Å²) in [7, 11) is 2.84. The molecule has 1 unspecified atom stereocenters. The summed E-state index contributed by atoms with van der Waals surface area (Å²) in [5.74, 6) is -1.85. The second kappa shape index (κ2) is 8.33. The molecule has 0 aliphatic rings. The summed E-state index contributed by atoms with van der Waals surface area (Å²) in [6.07, 6.45) is -0.0287. The monoisotopic (exact) mass is 361 g/mol. The predicted octanol–water partition coefficient (Wildman–Crippen LogP) is 2.64. The number of amides is 1. The smallest absolute Gasteiger partial charge is 0.330 e. The lowest BCUT2D eigenvalue weighted by Crippen LogP contribution is -2.34. The third-order valence-electron chi connectivity index (χ3n) is 3.90. The van der Waals surface area contributed by atoms with E-state index in [4.69, 9.17) is 9.47 Å². The molecule has 26 heavy (non-hydrogen) atoms. The van der Waals surface area contributed by atoms with Gasteiger partial charge in [-0.25, -0.2) is 9.18 Å². The number of carbonyl (C=O) groups excluding carboxylic acids is 1. The summed E-state index contributed by atoms with van der Waals surface area (Å²) in [4.78, 5) is 23.8. The van der Waals surface area contributed by atoms with Crippen LogP contribution >= 0.6 is 0 Å². The fourth-order valence-electron chi connectivity index (χ4n) is 2.52. The molecule has 0 aliphatic heterocycles. The third kappa shape index (κ3) is 4.50. The quantitative estimate of drug-likeness (QED) is 0.792. The molecular weight excluding hydrogens is 341 g/mol. The maximum atomic E-state index is 13.8. The molecule has 0 radical (unpaired) electrons. The summed E-state index contributed by atoms with van der Waals surface area (Å²) >= 11 is 0. The second-order valence-corrected chi connectivity index (χ2v) is 5.71. The molecule has 0 spiro atoms. The van der Waals surface area contributed by atoms with Crippen LogP contribution in [-0.4, -0.2) is 31.2 Å². The van der Waals surface area contributed by atoms with Gasteiger partial charge in [0.1, 0.15) is 5.75 Å². The molecule has 6 nitrogen and oxygen atoms in total. The van der Waals surface area contributed by atoms with Crippen LogP contribution < -0.4 is 14.8 Å². The summed E-state index contributed by atoms with van der Waals surface area (Å²) in [6.45, 7) is 1.88. The highest BCUT2D eigenvalue weighted by molar-refractivity contribution is 5.85. The van der Waals surface area contributed by atoms with Gasteiger partial charge in [0.15, 0.2) is 17.6 Å². The highest BCUT2D eigenvalue weighted by Crippen LogP contribution is 2.23. The molecule has 0 aliphatic carbocycles. The van der Waals surface area contributed by atoms with Crippen LogP contribution in [0.25, 0.3) is 0 Å². The van der Waals surface area contributed by atoms with Gasteiger partial charge in [-0.05, 0) is 41.8 Å². The topological polar surface area (TPSA) is 84.9 Å². The Hall–Kier alpha value is -3.09. The van der Waals surface area contributed by atoms with Crippen LogP contribution in [0, 0.1) is 12.7 Å². The molecule has 0 aromatic heterocycles. The van der Waals surface area contributed by atoms with Gasteiger partial charge < -0.3 is 19.9 Å². The first-order chi connectivity index (χ1) is 12.3. The second-order valence-electron chi connectivity index (χ2n) is 5.71. The third-order valence-corrected chi connectivity index (χ3v) is 3.90. The van der Waals surface area contributed by atoms with Gasteiger partial charge in [0.2, 0.25) is 5.91 Å². The van der Waals surface area contributed by atoms with Gasteiger partial charge in [0.25, 0.3) is 0 Å². The van der Waals surface area contributed by atoms with Crippen molar-refractivity contribution in [3.63, 3.8) is 0 Å². The number of aliphatic carboxylic acids is 1. The molecule has 1 amide bonds. The van der Waals surface area contributed by atoms with Crippen molar-refractivity contribution in [1.29, 1.82) is 0 Å². The number of hydrogen-bond acceptors (Lipinski definition) is 4. The minimum atomic E-state index is -1.37. The summed E-state index contributed by atoms with van der Waals surface area (Å²) in [5, 5.41) is 11.8. The van der Waals surface area contributed by atoms with Gasteiger partial charge in [-0.1, -0.05) is 18.2 Å². The predicted molar refractivity (Wildman–Crippen MR) is 92.9 cm³/mol. The van der Waals surface area contributed by atoms with Crippen molar-refractivity contribution >= 4 is 11.9 Å². The lowest BCUT2D eigenvalue weighted by molar-refractivity contribution is -0.142. The number of benzene rings is 2. The number of halogens is 1. The molecule has 2 aromatic carbocycles. The van der Waals surface area contributed by atoms with Crippen LogP contribution in [0.15, 0.2) is 36.4 Å². The molecule has 0 saturated carbocycles. The molecular formula is C19H20FNO5. The molecule has 1 atom stereocenters. The molecule has 2 aromatic rings. The number of hydrogen-bond donors (Lipinski definition) is 2. The molecule has 7 heteroatoms. The maximum absolute atomic E-state index is 13.8. The van der Waals surface area contributed by atoms with Crippen LogP contribution in [0.4, 0.5) is 4.39 Å². The molecule has 138 valence electrons. The molecule has 2 rings (SSSR count). The van der Waals surface area contributed by atoms with E-state index < -0.39 is 23.7 Å². The van der Waals surface area contributed by atoms with Crippen molar-refractivity contribution in [2.75, 3.05) is 14.2 Å². The van der Waals surface area contributed by atoms with E-state index in [9.17, 15) is 19.1 Å². The average molecular weight is 361 g/mol. The number of carboxylic acid groups (broad SMARTS) is 1. The van der Waals surface area contributed by atoms with Crippen LogP contribution in [0.2, 0.25) is 0 Å². The van der Waals surface area contributed by atoms with Crippen molar-refractivity contribution in [3.8, 4) is 11.5 Å². The van der Waals surface area contributed by atoms with Gasteiger partial charge in [0.05, 0.1) is 20.6 Å². The number of rotatable bonds is 7. The standard InChI is InChI=1S/C19H20FNO5/c1-11-4-5-12(8-16(11)26-3)9-17(22)21-18(19(23)24)13-6-7-15(25-2)14(20)10-13/h4-8,10,18H,9H2,1-3H3,(H,21,22)(H,23,24). The van der Waals surface area contributed by atoms with Crippen LogP contribution in [0.3, 0.4) is 0 Å². The molecule has 2 N–H and O–H groups in total. The van der Waals surface area contributed by atoms with Crippen molar-refractivity contribution in [3.05, 3.63) is 58.9 Å². The zero-order valence-electron chi connectivity index (χ0n) is 14.7. The van der Waals surface area contributed by atoms with E-state index in [1.165, 1.54) is 26.4 Å². The molecule has 0 fully saturated rings. The van der Waals surface area contributed by atoms with Crippen LogP contribution in [0.5, 0.6) is 11.5 Å². The van der Waals surface area contributed by atoms with E-state index in [0.29, 0.717) is 11.3 Å².